The highest BCUT2D eigenvalue weighted by Gasteiger charge is 2.09. The summed E-state index contributed by atoms with van der Waals surface area (Å²) in [6.07, 6.45) is -0.0685. The third kappa shape index (κ3) is 3.37. The van der Waals surface area contributed by atoms with Gasteiger partial charge < -0.3 is 4.90 Å². The van der Waals surface area contributed by atoms with E-state index in [0.717, 1.165) is 10.0 Å². The van der Waals surface area contributed by atoms with E-state index in [1.54, 1.807) is 11.9 Å². The Bertz CT molecular complexity index is 398. The Labute approximate surface area is 97.4 Å². The minimum Gasteiger partial charge on any atom is -0.340 e. The molecule has 78 valence electrons. The molecule has 0 atom stereocenters. The first-order chi connectivity index (χ1) is 7.15. The quantitative estimate of drug-likeness (QED) is 0.843. The molecule has 0 saturated carbocycles. The highest BCUT2D eigenvalue weighted by atomic mass is 79.9. The van der Waals surface area contributed by atoms with E-state index >= 15 is 0 Å². The molecule has 0 aliphatic rings. The lowest BCUT2D eigenvalue weighted by Gasteiger charge is -2.16. The van der Waals surface area contributed by atoms with Crippen molar-refractivity contribution in [3.8, 4) is 6.07 Å². The average Bonchev–Trinajstić information content (AvgIpc) is 2.21. The lowest BCUT2D eigenvalue weighted by molar-refractivity contribution is -0.129. The van der Waals surface area contributed by atoms with Gasteiger partial charge in [-0.05, 0) is 11.6 Å². The fraction of sp³-hybridized carbons (Fsp3) is 0.273. The van der Waals surface area contributed by atoms with Crippen LogP contribution in [0, 0.1) is 11.3 Å². The fourth-order valence-corrected chi connectivity index (χ4v) is 1.58. The van der Waals surface area contributed by atoms with Crippen molar-refractivity contribution in [2.45, 2.75) is 13.0 Å². The molecule has 0 aliphatic heterocycles. The molecule has 4 heteroatoms. The molecule has 0 aromatic heterocycles. The van der Waals surface area contributed by atoms with Gasteiger partial charge in [0.25, 0.3) is 0 Å². The smallest absolute Gasteiger partial charge is 0.236 e. The molecule has 1 rings (SSSR count). The summed E-state index contributed by atoms with van der Waals surface area (Å²) in [5, 5.41) is 8.40. The van der Waals surface area contributed by atoms with E-state index in [0.29, 0.717) is 6.54 Å². The first-order valence-electron chi connectivity index (χ1n) is 4.49. The van der Waals surface area contributed by atoms with Crippen LogP contribution >= 0.6 is 15.9 Å². The molecule has 1 aromatic rings. The van der Waals surface area contributed by atoms with Crippen LogP contribution in [0.15, 0.2) is 28.7 Å². The van der Waals surface area contributed by atoms with Gasteiger partial charge >= 0.3 is 0 Å². The lowest BCUT2D eigenvalue weighted by Crippen LogP contribution is -2.25. The summed E-state index contributed by atoms with van der Waals surface area (Å²) in [4.78, 5) is 12.9. The Hall–Kier alpha value is -1.34. The molecule has 0 radical (unpaired) electrons. The van der Waals surface area contributed by atoms with Crippen molar-refractivity contribution >= 4 is 21.8 Å². The van der Waals surface area contributed by atoms with E-state index in [2.05, 4.69) is 15.9 Å². The van der Waals surface area contributed by atoms with Crippen molar-refractivity contribution in [2.75, 3.05) is 7.05 Å². The number of amides is 1. The maximum absolute atomic E-state index is 11.3. The van der Waals surface area contributed by atoms with Gasteiger partial charge in [0.1, 0.15) is 6.42 Å². The summed E-state index contributed by atoms with van der Waals surface area (Å²) >= 11 is 3.41. The predicted octanol–water partition coefficient (Wildman–Crippen LogP) is 2.32. The number of nitrogens with zero attached hydrogens (tertiary/aromatic N) is 2. The van der Waals surface area contributed by atoms with Crippen molar-refractivity contribution in [3.05, 3.63) is 34.3 Å². The Morgan fingerprint density at radius 2 is 2.20 bits per heavy atom. The summed E-state index contributed by atoms with van der Waals surface area (Å²) in [6, 6.07) is 9.56. The molecule has 3 nitrogen and oxygen atoms in total. The van der Waals surface area contributed by atoms with E-state index in [4.69, 9.17) is 5.26 Å². The number of carbonyl (C=O) groups is 1. The number of halogens is 1. The topological polar surface area (TPSA) is 44.1 Å². The molecular weight excluding hydrogens is 256 g/mol. The van der Waals surface area contributed by atoms with E-state index in [9.17, 15) is 4.79 Å². The third-order valence-corrected chi connectivity index (χ3v) is 2.80. The van der Waals surface area contributed by atoms with Gasteiger partial charge in [-0.15, -0.1) is 0 Å². The van der Waals surface area contributed by atoms with Gasteiger partial charge in [-0.2, -0.15) is 5.26 Å². The van der Waals surface area contributed by atoms with Gasteiger partial charge in [-0.1, -0.05) is 34.1 Å². The SMILES string of the molecule is CN(Cc1ccccc1Br)C(=O)CC#N. The molecule has 0 bridgehead atoms. The molecule has 0 aliphatic carbocycles. The Kier molecular flexibility index (Phi) is 4.32. The van der Waals surface area contributed by atoms with Gasteiger partial charge in [-0.25, -0.2) is 0 Å². The molecule has 15 heavy (non-hydrogen) atoms. The van der Waals surface area contributed by atoms with Crippen molar-refractivity contribution in [3.63, 3.8) is 0 Å². The zero-order valence-electron chi connectivity index (χ0n) is 8.40. The summed E-state index contributed by atoms with van der Waals surface area (Å²) < 4.78 is 0.974. The van der Waals surface area contributed by atoms with Crippen LogP contribution in [-0.2, 0) is 11.3 Å². The van der Waals surface area contributed by atoms with Gasteiger partial charge in [0.15, 0.2) is 0 Å². The third-order valence-electron chi connectivity index (χ3n) is 2.02. The summed E-state index contributed by atoms with van der Waals surface area (Å²) in [7, 11) is 1.69. The van der Waals surface area contributed by atoms with Crippen molar-refractivity contribution in [1.29, 1.82) is 5.26 Å². The maximum Gasteiger partial charge on any atom is 0.236 e. The number of hydrogen-bond acceptors (Lipinski definition) is 2. The zero-order valence-corrected chi connectivity index (χ0v) is 9.99. The normalized spacial score (nSPS) is 9.40. The van der Waals surface area contributed by atoms with Crippen molar-refractivity contribution in [1.82, 2.24) is 4.90 Å². The minimum atomic E-state index is -0.159. The molecular formula is C11H11BrN2O. The summed E-state index contributed by atoms with van der Waals surface area (Å²) in [5.41, 5.74) is 1.03. The Balaban J connectivity index is 2.67. The highest BCUT2D eigenvalue weighted by molar-refractivity contribution is 9.10. The van der Waals surface area contributed by atoms with E-state index < -0.39 is 0 Å². The largest absolute Gasteiger partial charge is 0.340 e. The standard InChI is InChI=1S/C11H11BrN2O/c1-14(11(15)6-7-13)8-9-4-2-3-5-10(9)12/h2-5H,6,8H2,1H3. The van der Waals surface area contributed by atoms with Crippen LogP contribution in [0.3, 0.4) is 0 Å². The first-order valence-corrected chi connectivity index (χ1v) is 5.28. The Morgan fingerprint density at radius 3 is 2.80 bits per heavy atom. The van der Waals surface area contributed by atoms with Crippen molar-refractivity contribution < 1.29 is 4.79 Å². The van der Waals surface area contributed by atoms with Crippen molar-refractivity contribution in [2.24, 2.45) is 0 Å². The molecule has 0 N–H and O–H groups in total. The van der Waals surface area contributed by atoms with Crippen LogP contribution in [0.25, 0.3) is 0 Å². The number of nitriles is 1. The minimum absolute atomic E-state index is 0.0685. The molecule has 1 aromatic carbocycles. The van der Waals surface area contributed by atoms with Gasteiger partial charge in [0, 0.05) is 18.1 Å². The Morgan fingerprint density at radius 1 is 1.53 bits per heavy atom. The average molecular weight is 267 g/mol. The van der Waals surface area contributed by atoms with Crippen LogP contribution in [0.5, 0.6) is 0 Å². The molecule has 0 saturated heterocycles. The molecule has 0 spiro atoms. The van der Waals surface area contributed by atoms with Crippen LogP contribution in [0.1, 0.15) is 12.0 Å². The lowest BCUT2D eigenvalue weighted by atomic mass is 10.2. The molecule has 0 unspecified atom stereocenters. The van der Waals surface area contributed by atoms with Crippen LogP contribution < -0.4 is 0 Å². The number of hydrogen-bond donors (Lipinski definition) is 0. The van der Waals surface area contributed by atoms with E-state index in [1.165, 1.54) is 0 Å². The number of rotatable bonds is 3. The van der Waals surface area contributed by atoms with Gasteiger partial charge in [0.05, 0.1) is 6.07 Å². The fourth-order valence-electron chi connectivity index (χ4n) is 1.17. The molecule has 0 fully saturated rings. The monoisotopic (exact) mass is 266 g/mol. The second kappa shape index (κ2) is 5.52. The predicted molar refractivity (Wildman–Crippen MR) is 60.8 cm³/mol. The van der Waals surface area contributed by atoms with Crippen LogP contribution in [0.4, 0.5) is 0 Å². The highest BCUT2D eigenvalue weighted by Crippen LogP contribution is 2.17. The number of carbonyl (C=O) groups excluding carboxylic acids is 1. The summed E-state index contributed by atoms with van der Waals surface area (Å²) in [6.45, 7) is 0.516. The van der Waals surface area contributed by atoms with Crippen LogP contribution in [-0.4, -0.2) is 17.9 Å². The molecule has 1 amide bonds. The van der Waals surface area contributed by atoms with Gasteiger partial charge in [-0.3, -0.25) is 4.79 Å². The van der Waals surface area contributed by atoms with Crippen LogP contribution in [0.2, 0.25) is 0 Å². The molecule has 0 heterocycles. The maximum atomic E-state index is 11.3. The summed E-state index contributed by atoms with van der Waals surface area (Å²) in [5.74, 6) is -0.159. The first kappa shape index (κ1) is 11.7. The van der Waals surface area contributed by atoms with E-state index in [-0.39, 0.29) is 12.3 Å². The second-order valence-electron chi connectivity index (χ2n) is 3.18. The second-order valence-corrected chi connectivity index (χ2v) is 4.03. The zero-order chi connectivity index (χ0) is 11.3. The van der Waals surface area contributed by atoms with E-state index in [1.807, 2.05) is 30.3 Å². The van der Waals surface area contributed by atoms with Gasteiger partial charge in [0.2, 0.25) is 5.91 Å². The number of benzene rings is 1.